The molecule has 0 aliphatic heterocycles. The van der Waals surface area contributed by atoms with Gasteiger partial charge < -0.3 is 0 Å². The van der Waals surface area contributed by atoms with Gasteiger partial charge in [-0.2, -0.15) is 12.6 Å². The van der Waals surface area contributed by atoms with Gasteiger partial charge in [-0.3, -0.25) is 0 Å². The topological polar surface area (TPSA) is 0 Å². The van der Waals surface area contributed by atoms with Gasteiger partial charge in [0.1, 0.15) is 5.82 Å². The zero-order valence-corrected chi connectivity index (χ0v) is 12.5. The van der Waals surface area contributed by atoms with Crippen molar-refractivity contribution < 1.29 is 4.39 Å². The summed E-state index contributed by atoms with van der Waals surface area (Å²) in [5.74, 6) is 0.667. The van der Waals surface area contributed by atoms with E-state index in [4.69, 9.17) is 0 Å². The molecule has 0 aliphatic rings. The van der Waals surface area contributed by atoms with Gasteiger partial charge in [-0.15, -0.1) is 0 Å². The molecule has 0 bridgehead atoms. The lowest BCUT2D eigenvalue weighted by atomic mass is 9.91. The second-order valence-electron chi connectivity index (χ2n) is 5.05. The van der Waals surface area contributed by atoms with Gasteiger partial charge in [-0.25, -0.2) is 4.39 Å². The van der Waals surface area contributed by atoms with Crippen LogP contribution in [0.3, 0.4) is 0 Å². The first kappa shape index (κ1) is 14.1. The van der Waals surface area contributed by atoms with Crippen molar-refractivity contribution in [1.82, 2.24) is 0 Å². The maximum atomic E-state index is 13.4. The van der Waals surface area contributed by atoms with E-state index in [0.29, 0.717) is 5.56 Å². The first-order valence-corrected chi connectivity index (χ1v) is 7.13. The van der Waals surface area contributed by atoms with Crippen LogP contribution in [0.4, 0.5) is 4.39 Å². The lowest BCUT2D eigenvalue weighted by Crippen LogP contribution is -1.97. The predicted molar refractivity (Wildman–Crippen MR) is 83.6 cm³/mol. The molecule has 2 heteroatoms. The summed E-state index contributed by atoms with van der Waals surface area (Å²) in [5, 5.41) is 0. The summed E-state index contributed by atoms with van der Waals surface area (Å²) >= 11 is 4.34. The quantitative estimate of drug-likeness (QED) is 0.757. The van der Waals surface area contributed by atoms with E-state index in [0.717, 1.165) is 17.7 Å². The van der Waals surface area contributed by atoms with Gasteiger partial charge in [0.2, 0.25) is 0 Å². The number of hydrogen-bond donors (Lipinski definition) is 1. The molecule has 2 aromatic carbocycles. The Labute approximate surface area is 120 Å². The van der Waals surface area contributed by atoms with E-state index in [1.165, 1.54) is 22.3 Å². The third-order valence-corrected chi connectivity index (χ3v) is 3.67. The molecule has 0 spiro atoms. The van der Waals surface area contributed by atoms with Crippen LogP contribution in [-0.2, 0) is 6.42 Å². The summed E-state index contributed by atoms with van der Waals surface area (Å²) in [6.45, 7) is 6.03. The summed E-state index contributed by atoms with van der Waals surface area (Å²) in [7, 11) is 0. The summed E-state index contributed by atoms with van der Waals surface area (Å²) in [6, 6.07) is 9.70. The van der Waals surface area contributed by atoms with Crippen LogP contribution in [0, 0.1) is 26.6 Å². The van der Waals surface area contributed by atoms with E-state index in [2.05, 4.69) is 38.6 Å². The minimum atomic E-state index is -0.149. The van der Waals surface area contributed by atoms with Crippen LogP contribution in [0.2, 0.25) is 0 Å². The SMILES string of the molecule is Cc1cc(C)c(CCS)c(-c2ccc(F)c(C)c2)c1. The van der Waals surface area contributed by atoms with E-state index < -0.39 is 0 Å². The summed E-state index contributed by atoms with van der Waals surface area (Å²) in [4.78, 5) is 0. The maximum absolute atomic E-state index is 13.4. The Kier molecular flexibility index (Phi) is 4.31. The highest BCUT2D eigenvalue weighted by atomic mass is 32.1. The van der Waals surface area contributed by atoms with E-state index in [-0.39, 0.29) is 5.82 Å². The standard InChI is InChI=1S/C17H19FS/c1-11-8-12(2)15(6-7-19)16(9-11)14-4-5-17(18)13(3)10-14/h4-5,8-10,19H,6-7H2,1-3H3. The molecule has 0 N–H and O–H groups in total. The number of rotatable bonds is 3. The largest absolute Gasteiger partial charge is 0.207 e. The molecule has 2 aromatic rings. The Morgan fingerprint density at radius 2 is 1.74 bits per heavy atom. The Bertz CT molecular complexity index is 602. The van der Waals surface area contributed by atoms with E-state index >= 15 is 0 Å². The normalized spacial score (nSPS) is 10.8. The molecule has 0 fully saturated rings. The van der Waals surface area contributed by atoms with Gasteiger partial charge in [0.15, 0.2) is 0 Å². The maximum Gasteiger partial charge on any atom is 0.126 e. The van der Waals surface area contributed by atoms with Crippen LogP contribution in [-0.4, -0.2) is 5.75 Å². The molecule has 2 rings (SSSR count). The molecule has 0 unspecified atom stereocenters. The molecule has 0 nitrogen and oxygen atoms in total. The minimum Gasteiger partial charge on any atom is -0.207 e. The fraction of sp³-hybridized carbons (Fsp3) is 0.294. The summed E-state index contributed by atoms with van der Waals surface area (Å²) in [6.07, 6.45) is 0.932. The molecule has 0 radical (unpaired) electrons. The molecule has 100 valence electrons. The van der Waals surface area contributed by atoms with Gasteiger partial charge in [0, 0.05) is 0 Å². The van der Waals surface area contributed by atoms with Gasteiger partial charge in [0.05, 0.1) is 0 Å². The Morgan fingerprint density at radius 1 is 1.00 bits per heavy atom. The van der Waals surface area contributed by atoms with Gasteiger partial charge >= 0.3 is 0 Å². The number of benzene rings is 2. The molecule has 0 aromatic heterocycles. The molecular weight excluding hydrogens is 255 g/mol. The molecule has 0 saturated heterocycles. The third-order valence-electron chi connectivity index (χ3n) is 3.45. The van der Waals surface area contributed by atoms with Gasteiger partial charge in [0.25, 0.3) is 0 Å². The van der Waals surface area contributed by atoms with E-state index in [1.54, 1.807) is 13.0 Å². The fourth-order valence-corrected chi connectivity index (χ4v) is 2.73. The van der Waals surface area contributed by atoms with Crippen molar-refractivity contribution in [1.29, 1.82) is 0 Å². The van der Waals surface area contributed by atoms with Crippen molar-refractivity contribution >= 4 is 12.6 Å². The molecule has 0 amide bonds. The predicted octanol–water partition coefficient (Wildman–Crippen LogP) is 4.89. The Hall–Kier alpha value is -1.28. The summed E-state index contributed by atoms with van der Waals surface area (Å²) in [5.41, 5.74) is 6.81. The molecule has 0 heterocycles. The molecule has 19 heavy (non-hydrogen) atoms. The monoisotopic (exact) mass is 274 g/mol. The van der Waals surface area contributed by atoms with Crippen LogP contribution in [0.25, 0.3) is 11.1 Å². The fourth-order valence-electron chi connectivity index (χ4n) is 2.51. The smallest absolute Gasteiger partial charge is 0.126 e. The van der Waals surface area contributed by atoms with Crippen molar-refractivity contribution in [2.75, 3.05) is 5.75 Å². The zero-order valence-electron chi connectivity index (χ0n) is 11.6. The van der Waals surface area contributed by atoms with Crippen LogP contribution < -0.4 is 0 Å². The first-order valence-electron chi connectivity index (χ1n) is 6.50. The lowest BCUT2D eigenvalue weighted by molar-refractivity contribution is 0.619. The van der Waals surface area contributed by atoms with Crippen molar-refractivity contribution in [3.63, 3.8) is 0 Å². The molecular formula is C17H19FS. The molecule has 0 aliphatic carbocycles. The lowest BCUT2D eigenvalue weighted by Gasteiger charge is -2.14. The highest BCUT2D eigenvalue weighted by molar-refractivity contribution is 7.80. The van der Waals surface area contributed by atoms with Crippen LogP contribution in [0.1, 0.15) is 22.3 Å². The van der Waals surface area contributed by atoms with Gasteiger partial charge in [-0.1, -0.05) is 23.8 Å². The number of halogens is 1. The second-order valence-corrected chi connectivity index (χ2v) is 5.49. The number of thiol groups is 1. The van der Waals surface area contributed by atoms with Gasteiger partial charge in [-0.05, 0) is 72.9 Å². The minimum absolute atomic E-state index is 0.149. The van der Waals surface area contributed by atoms with Crippen molar-refractivity contribution in [2.24, 2.45) is 0 Å². The Morgan fingerprint density at radius 3 is 2.37 bits per heavy atom. The third kappa shape index (κ3) is 3.01. The zero-order chi connectivity index (χ0) is 14.0. The van der Waals surface area contributed by atoms with E-state index in [1.807, 2.05) is 12.1 Å². The van der Waals surface area contributed by atoms with E-state index in [9.17, 15) is 4.39 Å². The van der Waals surface area contributed by atoms with Crippen molar-refractivity contribution in [2.45, 2.75) is 27.2 Å². The second kappa shape index (κ2) is 5.79. The van der Waals surface area contributed by atoms with Crippen LogP contribution in [0.5, 0.6) is 0 Å². The van der Waals surface area contributed by atoms with Crippen LogP contribution >= 0.6 is 12.6 Å². The first-order chi connectivity index (χ1) is 9.02. The molecule has 0 atom stereocenters. The van der Waals surface area contributed by atoms with Crippen molar-refractivity contribution in [3.8, 4) is 11.1 Å². The van der Waals surface area contributed by atoms with Crippen molar-refractivity contribution in [3.05, 3.63) is 58.4 Å². The average molecular weight is 274 g/mol. The number of hydrogen-bond acceptors (Lipinski definition) is 1. The van der Waals surface area contributed by atoms with Crippen LogP contribution in [0.15, 0.2) is 30.3 Å². The number of aryl methyl sites for hydroxylation is 3. The summed E-state index contributed by atoms with van der Waals surface area (Å²) < 4.78 is 13.4. The molecule has 0 saturated carbocycles. The Balaban J connectivity index is 2.62. The highest BCUT2D eigenvalue weighted by Crippen LogP contribution is 2.29. The highest BCUT2D eigenvalue weighted by Gasteiger charge is 2.10. The average Bonchev–Trinajstić information content (AvgIpc) is 2.36.